The van der Waals surface area contributed by atoms with E-state index in [1.165, 1.54) is 13.1 Å². The Morgan fingerprint density at radius 1 is 1.10 bits per heavy atom. The van der Waals surface area contributed by atoms with Gasteiger partial charge in [-0.15, -0.1) is 0 Å². The fourth-order valence-corrected chi connectivity index (χ4v) is 1.27. The molecule has 2 heteroatoms. The van der Waals surface area contributed by atoms with Crippen LogP contribution in [0.5, 0.6) is 0 Å². The summed E-state index contributed by atoms with van der Waals surface area (Å²) in [5.74, 6) is 0. The maximum atomic E-state index is 2.49. The third kappa shape index (κ3) is 1.70. The van der Waals surface area contributed by atoms with Gasteiger partial charge in [0.25, 0.3) is 0 Å². The summed E-state index contributed by atoms with van der Waals surface area (Å²) in [6, 6.07) is 0. The van der Waals surface area contributed by atoms with Gasteiger partial charge in [-0.3, -0.25) is 9.80 Å². The van der Waals surface area contributed by atoms with Gasteiger partial charge in [-0.2, -0.15) is 0 Å². The summed E-state index contributed by atoms with van der Waals surface area (Å²) < 4.78 is 0. The minimum Gasteiger partial charge on any atom is -0.292 e. The molecule has 1 aliphatic rings. The number of likely N-dealkylation sites (N-methyl/N-ethyl adjacent to an activating group) is 1. The molecule has 0 aromatic carbocycles. The highest BCUT2D eigenvalue weighted by Crippen LogP contribution is 2.16. The van der Waals surface area contributed by atoms with Crippen molar-refractivity contribution in [3.05, 3.63) is 0 Å². The van der Waals surface area contributed by atoms with Crippen molar-refractivity contribution in [1.82, 2.24) is 9.80 Å². The lowest BCUT2D eigenvalue weighted by molar-refractivity contribution is 0.149. The van der Waals surface area contributed by atoms with E-state index < -0.39 is 0 Å². The Bertz CT molecular complexity index is 115. The smallest absolute Gasteiger partial charge is 0.0509 e. The fraction of sp³-hybridized carbons (Fsp3) is 1.00. The Kier molecular flexibility index (Phi) is 2.02. The van der Waals surface area contributed by atoms with Crippen LogP contribution >= 0.6 is 0 Å². The van der Waals surface area contributed by atoms with Crippen molar-refractivity contribution >= 4 is 0 Å². The molecule has 0 aliphatic carbocycles. The molecule has 2 nitrogen and oxygen atoms in total. The first-order chi connectivity index (χ1) is 4.50. The SMILES string of the molecule is CN1CCN(C(C)(C)C)C1. The normalized spacial score (nSPS) is 24.0. The molecule has 1 saturated heterocycles. The highest BCUT2D eigenvalue weighted by atomic mass is 15.4. The van der Waals surface area contributed by atoms with Crippen LogP contribution in [0.3, 0.4) is 0 Å². The van der Waals surface area contributed by atoms with E-state index in [0.29, 0.717) is 5.54 Å². The van der Waals surface area contributed by atoms with Gasteiger partial charge >= 0.3 is 0 Å². The van der Waals surface area contributed by atoms with Gasteiger partial charge in [0, 0.05) is 18.6 Å². The van der Waals surface area contributed by atoms with Crippen molar-refractivity contribution in [3.63, 3.8) is 0 Å². The highest BCUT2D eigenvalue weighted by Gasteiger charge is 2.26. The zero-order valence-corrected chi connectivity index (χ0v) is 7.52. The number of rotatable bonds is 0. The van der Waals surface area contributed by atoms with Gasteiger partial charge < -0.3 is 0 Å². The van der Waals surface area contributed by atoms with Crippen LogP contribution in [0, 0.1) is 0 Å². The Labute approximate surface area is 63.8 Å². The van der Waals surface area contributed by atoms with E-state index in [1.807, 2.05) is 0 Å². The van der Waals surface area contributed by atoms with E-state index in [0.717, 1.165) is 6.67 Å². The fourth-order valence-electron chi connectivity index (χ4n) is 1.27. The van der Waals surface area contributed by atoms with Gasteiger partial charge in [0.1, 0.15) is 0 Å². The van der Waals surface area contributed by atoms with Crippen molar-refractivity contribution in [1.29, 1.82) is 0 Å². The monoisotopic (exact) mass is 142 g/mol. The third-order valence-electron chi connectivity index (χ3n) is 2.11. The number of hydrogen-bond donors (Lipinski definition) is 0. The van der Waals surface area contributed by atoms with Crippen LogP contribution < -0.4 is 0 Å². The summed E-state index contributed by atoms with van der Waals surface area (Å²) in [5.41, 5.74) is 0.352. The second-order valence-electron chi connectivity index (χ2n) is 4.16. The van der Waals surface area contributed by atoms with Crippen molar-refractivity contribution < 1.29 is 0 Å². The maximum Gasteiger partial charge on any atom is 0.0509 e. The van der Waals surface area contributed by atoms with E-state index in [9.17, 15) is 0 Å². The molecule has 0 amide bonds. The van der Waals surface area contributed by atoms with E-state index in [4.69, 9.17) is 0 Å². The summed E-state index contributed by atoms with van der Waals surface area (Å²) in [4.78, 5) is 4.85. The van der Waals surface area contributed by atoms with Crippen LogP contribution in [-0.4, -0.2) is 42.1 Å². The Balaban J connectivity index is 2.45. The first-order valence-electron chi connectivity index (χ1n) is 3.94. The van der Waals surface area contributed by atoms with E-state index in [1.54, 1.807) is 0 Å². The predicted octanol–water partition coefficient (Wildman–Crippen LogP) is 0.990. The summed E-state index contributed by atoms with van der Waals surface area (Å²) in [6.07, 6.45) is 0. The molecular formula is C8H18N2. The molecule has 1 rings (SSSR count). The molecule has 1 aliphatic heterocycles. The standard InChI is InChI=1S/C8H18N2/c1-8(2,3)10-6-5-9(4)7-10/h5-7H2,1-4H3. The predicted molar refractivity (Wildman–Crippen MR) is 44.0 cm³/mol. The summed E-state index contributed by atoms with van der Waals surface area (Å²) in [7, 11) is 2.17. The molecule has 0 saturated carbocycles. The molecule has 60 valence electrons. The molecule has 1 fully saturated rings. The molecule has 0 radical (unpaired) electrons. The second-order valence-corrected chi connectivity index (χ2v) is 4.16. The molecule has 10 heavy (non-hydrogen) atoms. The van der Waals surface area contributed by atoms with Crippen LogP contribution in [0.25, 0.3) is 0 Å². The molecule has 1 heterocycles. The van der Waals surface area contributed by atoms with Crippen molar-refractivity contribution in [2.24, 2.45) is 0 Å². The number of hydrogen-bond acceptors (Lipinski definition) is 2. The van der Waals surface area contributed by atoms with Gasteiger partial charge in [-0.1, -0.05) is 0 Å². The zero-order chi connectivity index (χ0) is 7.78. The lowest BCUT2D eigenvalue weighted by atomic mass is 10.1. The molecule has 0 aromatic rings. The second kappa shape index (κ2) is 2.51. The summed E-state index contributed by atoms with van der Waals surface area (Å²) in [6.45, 7) is 10.4. The zero-order valence-electron chi connectivity index (χ0n) is 7.52. The Hall–Kier alpha value is -0.0800. The van der Waals surface area contributed by atoms with E-state index in [-0.39, 0.29) is 0 Å². The number of nitrogens with zero attached hydrogens (tertiary/aromatic N) is 2. The Morgan fingerprint density at radius 3 is 1.90 bits per heavy atom. The van der Waals surface area contributed by atoms with Gasteiger partial charge in [-0.25, -0.2) is 0 Å². The molecule has 0 aromatic heterocycles. The van der Waals surface area contributed by atoms with Crippen molar-refractivity contribution in [2.75, 3.05) is 26.8 Å². The average molecular weight is 142 g/mol. The van der Waals surface area contributed by atoms with Gasteiger partial charge in [0.2, 0.25) is 0 Å². The van der Waals surface area contributed by atoms with Gasteiger partial charge in [-0.05, 0) is 27.8 Å². The van der Waals surface area contributed by atoms with Crippen LogP contribution in [0.15, 0.2) is 0 Å². The van der Waals surface area contributed by atoms with E-state index in [2.05, 4.69) is 37.6 Å². The lowest BCUT2D eigenvalue weighted by Gasteiger charge is -2.31. The first kappa shape index (κ1) is 8.02. The molecular weight excluding hydrogens is 124 g/mol. The molecule has 0 atom stereocenters. The van der Waals surface area contributed by atoms with Crippen LogP contribution in [0.1, 0.15) is 20.8 Å². The van der Waals surface area contributed by atoms with E-state index >= 15 is 0 Å². The summed E-state index contributed by atoms with van der Waals surface area (Å²) >= 11 is 0. The lowest BCUT2D eigenvalue weighted by Crippen LogP contribution is -2.40. The quantitative estimate of drug-likeness (QED) is 0.497. The minimum absolute atomic E-state index is 0.352. The van der Waals surface area contributed by atoms with Crippen LogP contribution in [-0.2, 0) is 0 Å². The molecule has 0 unspecified atom stereocenters. The van der Waals surface area contributed by atoms with Crippen LogP contribution in [0.2, 0.25) is 0 Å². The first-order valence-corrected chi connectivity index (χ1v) is 3.94. The average Bonchev–Trinajstić information content (AvgIpc) is 2.11. The molecule has 0 N–H and O–H groups in total. The molecule has 0 bridgehead atoms. The van der Waals surface area contributed by atoms with Crippen LogP contribution in [0.4, 0.5) is 0 Å². The summed E-state index contributed by atoms with van der Waals surface area (Å²) in [5, 5.41) is 0. The van der Waals surface area contributed by atoms with Crippen molar-refractivity contribution in [3.8, 4) is 0 Å². The maximum absolute atomic E-state index is 2.49. The topological polar surface area (TPSA) is 6.48 Å². The minimum atomic E-state index is 0.352. The van der Waals surface area contributed by atoms with Gasteiger partial charge in [0.15, 0.2) is 0 Å². The third-order valence-corrected chi connectivity index (χ3v) is 2.11. The Morgan fingerprint density at radius 2 is 1.70 bits per heavy atom. The largest absolute Gasteiger partial charge is 0.292 e. The molecule has 0 spiro atoms. The highest BCUT2D eigenvalue weighted by molar-refractivity contribution is 4.80. The van der Waals surface area contributed by atoms with Gasteiger partial charge in [0.05, 0.1) is 6.67 Å². The van der Waals surface area contributed by atoms with Crippen molar-refractivity contribution in [2.45, 2.75) is 26.3 Å².